The van der Waals surface area contributed by atoms with Gasteiger partial charge in [-0.1, -0.05) is 0 Å². The second-order valence-electron chi connectivity index (χ2n) is 4.15. The van der Waals surface area contributed by atoms with Crippen molar-refractivity contribution in [3.05, 3.63) is 39.4 Å². The lowest BCUT2D eigenvalue weighted by Crippen LogP contribution is -2.25. The van der Waals surface area contributed by atoms with E-state index in [4.69, 9.17) is 5.11 Å². The summed E-state index contributed by atoms with van der Waals surface area (Å²) in [6.07, 6.45) is 0.608. The summed E-state index contributed by atoms with van der Waals surface area (Å²) < 4.78 is 26.5. The maximum absolute atomic E-state index is 13.4. The number of aliphatic carboxylic acids is 1. The molecule has 21 heavy (non-hydrogen) atoms. The van der Waals surface area contributed by atoms with Crippen LogP contribution in [-0.4, -0.2) is 28.5 Å². The molecule has 0 bridgehead atoms. The lowest BCUT2D eigenvalue weighted by molar-refractivity contribution is -0.387. The van der Waals surface area contributed by atoms with Crippen molar-refractivity contribution in [2.24, 2.45) is 0 Å². The fourth-order valence-electron chi connectivity index (χ4n) is 1.55. The van der Waals surface area contributed by atoms with Gasteiger partial charge in [-0.2, -0.15) is 4.39 Å². The zero-order valence-electron chi connectivity index (χ0n) is 10.8. The average molecular weight is 302 g/mol. The fourth-order valence-corrected chi connectivity index (χ4v) is 1.55. The Labute approximate surface area is 117 Å². The van der Waals surface area contributed by atoms with Crippen LogP contribution in [0.1, 0.15) is 29.6 Å². The Morgan fingerprint density at radius 1 is 1.24 bits per heavy atom. The Morgan fingerprint density at radius 3 is 2.48 bits per heavy atom. The van der Waals surface area contributed by atoms with Crippen LogP contribution >= 0.6 is 0 Å². The van der Waals surface area contributed by atoms with Gasteiger partial charge in [-0.25, -0.2) is 4.39 Å². The lowest BCUT2D eigenvalue weighted by atomic mass is 10.1. The van der Waals surface area contributed by atoms with Crippen LogP contribution in [0.2, 0.25) is 0 Å². The largest absolute Gasteiger partial charge is 0.481 e. The molecule has 1 rings (SSSR count). The molecule has 1 amide bonds. The van der Waals surface area contributed by atoms with Crippen molar-refractivity contribution < 1.29 is 28.4 Å². The Kier molecular flexibility index (Phi) is 5.70. The normalized spacial score (nSPS) is 10.2. The summed E-state index contributed by atoms with van der Waals surface area (Å²) >= 11 is 0. The smallest absolute Gasteiger partial charge is 0.305 e. The van der Waals surface area contributed by atoms with E-state index in [0.29, 0.717) is 18.9 Å². The molecule has 0 heterocycles. The predicted molar refractivity (Wildman–Crippen MR) is 66.8 cm³/mol. The summed E-state index contributed by atoms with van der Waals surface area (Å²) in [6.45, 7) is 0.0801. The van der Waals surface area contributed by atoms with Crippen molar-refractivity contribution in [2.45, 2.75) is 19.3 Å². The highest BCUT2D eigenvalue weighted by Gasteiger charge is 2.22. The van der Waals surface area contributed by atoms with Gasteiger partial charge in [0.1, 0.15) is 5.82 Å². The van der Waals surface area contributed by atoms with E-state index in [9.17, 15) is 28.5 Å². The molecule has 9 heteroatoms. The summed E-state index contributed by atoms with van der Waals surface area (Å²) in [7, 11) is 0. The van der Waals surface area contributed by atoms with Gasteiger partial charge in [0.05, 0.1) is 10.5 Å². The number of carbonyl (C=O) groups is 2. The molecule has 0 saturated carbocycles. The van der Waals surface area contributed by atoms with E-state index in [0.717, 1.165) is 0 Å². The monoisotopic (exact) mass is 302 g/mol. The van der Waals surface area contributed by atoms with Gasteiger partial charge in [0, 0.05) is 25.1 Å². The SMILES string of the molecule is O=C(O)CCCCNC(=O)c1cc([N+](=O)[O-])c(F)cc1F. The van der Waals surface area contributed by atoms with Crippen molar-refractivity contribution in [1.82, 2.24) is 5.32 Å². The van der Waals surface area contributed by atoms with Crippen LogP contribution < -0.4 is 5.32 Å². The summed E-state index contributed by atoms with van der Waals surface area (Å²) in [5.41, 5.74) is -1.63. The molecular formula is C12H12F2N2O5. The molecular weight excluding hydrogens is 290 g/mol. The summed E-state index contributed by atoms with van der Waals surface area (Å²) in [6, 6.07) is 0.800. The van der Waals surface area contributed by atoms with E-state index in [1.54, 1.807) is 0 Å². The molecule has 0 radical (unpaired) electrons. The number of rotatable bonds is 7. The fraction of sp³-hybridized carbons (Fsp3) is 0.333. The van der Waals surface area contributed by atoms with Gasteiger partial charge >= 0.3 is 11.7 Å². The zero-order valence-corrected chi connectivity index (χ0v) is 10.8. The molecule has 1 aromatic carbocycles. The van der Waals surface area contributed by atoms with Crippen LogP contribution in [0.4, 0.5) is 14.5 Å². The molecule has 0 spiro atoms. The number of nitrogens with zero attached hydrogens (tertiary/aromatic N) is 1. The van der Waals surface area contributed by atoms with Crippen molar-refractivity contribution in [3.8, 4) is 0 Å². The summed E-state index contributed by atoms with van der Waals surface area (Å²) in [5.74, 6) is -4.47. The number of halogens is 2. The molecule has 0 aliphatic heterocycles. The molecule has 1 aromatic rings. The molecule has 0 aliphatic carbocycles. The maximum Gasteiger partial charge on any atom is 0.305 e. The third-order valence-corrected chi connectivity index (χ3v) is 2.58. The van der Waals surface area contributed by atoms with E-state index in [-0.39, 0.29) is 19.0 Å². The van der Waals surface area contributed by atoms with E-state index in [1.165, 1.54) is 0 Å². The zero-order chi connectivity index (χ0) is 16.0. The number of benzene rings is 1. The van der Waals surface area contributed by atoms with Gasteiger partial charge in [-0.15, -0.1) is 0 Å². The van der Waals surface area contributed by atoms with E-state index >= 15 is 0 Å². The van der Waals surface area contributed by atoms with Crippen molar-refractivity contribution in [2.75, 3.05) is 6.54 Å². The highest BCUT2D eigenvalue weighted by atomic mass is 19.1. The first-order chi connectivity index (χ1) is 9.82. The van der Waals surface area contributed by atoms with Gasteiger partial charge in [-0.3, -0.25) is 19.7 Å². The molecule has 0 fully saturated rings. The van der Waals surface area contributed by atoms with E-state index in [1.807, 2.05) is 0 Å². The van der Waals surface area contributed by atoms with Gasteiger partial charge < -0.3 is 10.4 Å². The number of carboxylic acids is 1. The van der Waals surface area contributed by atoms with Gasteiger partial charge in [0.15, 0.2) is 0 Å². The lowest BCUT2D eigenvalue weighted by Gasteiger charge is -2.06. The number of carboxylic acid groups (broad SMARTS) is 1. The molecule has 0 unspecified atom stereocenters. The first kappa shape index (κ1) is 16.5. The standard InChI is InChI=1S/C12H12F2N2O5/c13-8-6-9(14)10(16(20)21)5-7(8)12(19)15-4-2-1-3-11(17)18/h5-6H,1-4H2,(H,15,19)(H,17,18). The maximum atomic E-state index is 13.4. The Morgan fingerprint density at radius 2 is 1.90 bits per heavy atom. The van der Waals surface area contributed by atoms with Crippen LogP contribution in [0.25, 0.3) is 0 Å². The van der Waals surface area contributed by atoms with Crippen molar-refractivity contribution in [1.29, 1.82) is 0 Å². The minimum atomic E-state index is -1.37. The summed E-state index contributed by atoms with van der Waals surface area (Å²) in [4.78, 5) is 31.4. The van der Waals surface area contributed by atoms with Crippen LogP contribution in [-0.2, 0) is 4.79 Å². The number of unbranched alkanes of at least 4 members (excludes halogenated alkanes) is 1. The minimum absolute atomic E-state index is 0.0632. The van der Waals surface area contributed by atoms with E-state index in [2.05, 4.69) is 5.32 Å². The minimum Gasteiger partial charge on any atom is -0.481 e. The van der Waals surface area contributed by atoms with Gasteiger partial charge in [0.2, 0.25) is 5.82 Å². The molecule has 0 aromatic heterocycles. The van der Waals surface area contributed by atoms with Gasteiger partial charge in [-0.05, 0) is 12.8 Å². The Bertz CT molecular complexity index is 577. The quantitative estimate of drug-likeness (QED) is 0.454. The van der Waals surface area contributed by atoms with Gasteiger partial charge in [0.25, 0.3) is 5.91 Å². The Balaban J connectivity index is 2.68. The molecule has 114 valence electrons. The van der Waals surface area contributed by atoms with E-state index < -0.39 is 39.7 Å². The second-order valence-corrected chi connectivity index (χ2v) is 4.15. The first-order valence-electron chi connectivity index (χ1n) is 5.96. The second kappa shape index (κ2) is 7.27. The molecule has 0 aliphatic rings. The molecule has 2 N–H and O–H groups in total. The Hall–Kier alpha value is -2.58. The predicted octanol–water partition coefficient (Wildman–Crippen LogP) is 1.86. The van der Waals surface area contributed by atoms with Crippen LogP contribution in [0.3, 0.4) is 0 Å². The molecule has 0 atom stereocenters. The number of nitro benzene ring substituents is 1. The average Bonchev–Trinajstić information content (AvgIpc) is 2.37. The van der Waals surface area contributed by atoms with Crippen molar-refractivity contribution in [3.63, 3.8) is 0 Å². The number of hydrogen-bond acceptors (Lipinski definition) is 4. The number of amides is 1. The highest BCUT2D eigenvalue weighted by Crippen LogP contribution is 2.21. The molecule has 0 saturated heterocycles. The van der Waals surface area contributed by atoms with Crippen LogP contribution in [0.5, 0.6) is 0 Å². The summed E-state index contributed by atoms with van der Waals surface area (Å²) in [5, 5.41) is 21.2. The molecule has 7 nitrogen and oxygen atoms in total. The number of nitrogens with one attached hydrogen (secondary N) is 1. The van der Waals surface area contributed by atoms with Crippen LogP contribution in [0.15, 0.2) is 12.1 Å². The number of nitro groups is 1. The topological polar surface area (TPSA) is 110 Å². The number of carbonyl (C=O) groups excluding carboxylic acids is 1. The highest BCUT2D eigenvalue weighted by molar-refractivity contribution is 5.95. The third kappa shape index (κ3) is 4.79. The third-order valence-electron chi connectivity index (χ3n) is 2.58. The van der Waals surface area contributed by atoms with Crippen LogP contribution in [0, 0.1) is 21.7 Å². The first-order valence-corrected chi connectivity index (χ1v) is 5.96. The van der Waals surface area contributed by atoms with Crippen molar-refractivity contribution >= 4 is 17.6 Å². The number of hydrogen-bond donors (Lipinski definition) is 2.